The molecule has 0 bridgehead atoms. The van der Waals surface area contributed by atoms with Gasteiger partial charge in [0.05, 0.1) is 16.8 Å². The Hall–Kier alpha value is -0.280. The molecule has 0 aliphatic rings. The molecule has 1 rings (SSSR count). The Balaban J connectivity index is 2.61. The third-order valence-corrected chi connectivity index (χ3v) is 3.10. The van der Waals surface area contributed by atoms with Gasteiger partial charge in [-0.15, -0.1) is 0 Å². The van der Waals surface area contributed by atoms with E-state index in [1.54, 1.807) is 6.26 Å². The van der Waals surface area contributed by atoms with Crippen molar-refractivity contribution in [3.63, 3.8) is 0 Å². The molecule has 1 N–H and O–H groups in total. The summed E-state index contributed by atoms with van der Waals surface area (Å²) in [6.07, 6.45) is 4.07. The van der Waals surface area contributed by atoms with Gasteiger partial charge in [0.15, 0.2) is 0 Å². The van der Waals surface area contributed by atoms with Crippen LogP contribution in [0.3, 0.4) is 0 Å². The molecule has 0 amide bonds. The Morgan fingerprint density at radius 2 is 2.13 bits per heavy atom. The van der Waals surface area contributed by atoms with E-state index in [1.807, 2.05) is 6.07 Å². The second kappa shape index (κ2) is 6.33. The molecule has 0 aliphatic carbocycles. The first kappa shape index (κ1) is 12.8. The Labute approximate surface area is 101 Å². The normalized spacial score (nSPS) is 13.4. The molecule has 0 spiro atoms. The molecule has 3 heteroatoms. The van der Waals surface area contributed by atoms with Crippen molar-refractivity contribution in [1.82, 2.24) is 5.32 Å². The maximum atomic E-state index is 5.50. The van der Waals surface area contributed by atoms with Crippen LogP contribution in [0.2, 0.25) is 0 Å². The van der Waals surface area contributed by atoms with Gasteiger partial charge < -0.3 is 9.73 Å². The van der Waals surface area contributed by atoms with Crippen LogP contribution in [0.25, 0.3) is 0 Å². The van der Waals surface area contributed by atoms with Gasteiger partial charge in [0.2, 0.25) is 0 Å². The minimum absolute atomic E-state index is 0.335. The smallest absolute Gasteiger partial charge is 0.134 e. The van der Waals surface area contributed by atoms with Crippen LogP contribution in [-0.4, -0.2) is 6.54 Å². The van der Waals surface area contributed by atoms with Gasteiger partial charge in [0, 0.05) is 0 Å². The van der Waals surface area contributed by atoms with Gasteiger partial charge in [-0.2, -0.15) is 0 Å². The van der Waals surface area contributed by atoms with Gasteiger partial charge >= 0.3 is 0 Å². The van der Waals surface area contributed by atoms with Gasteiger partial charge in [-0.1, -0.05) is 20.8 Å². The van der Waals surface area contributed by atoms with Gasteiger partial charge in [-0.25, -0.2) is 0 Å². The summed E-state index contributed by atoms with van der Waals surface area (Å²) in [6.45, 7) is 7.59. The molecule has 1 unspecified atom stereocenters. The van der Waals surface area contributed by atoms with E-state index in [2.05, 4.69) is 42.0 Å². The summed E-state index contributed by atoms with van der Waals surface area (Å²) in [6, 6.07) is 2.29. The molecule has 0 aromatic carbocycles. The van der Waals surface area contributed by atoms with E-state index in [9.17, 15) is 0 Å². The SMILES string of the molecule is CCNC(CCC(C)C)c1occc1Br. The van der Waals surface area contributed by atoms with Crippen LogP contribution in [0.15, 0.2) is 21.2 Å². The Bertz CT molecular complexity index is 283. The summed E-state index contributed by atoms with van der Waals surface area (Å²) in [4.78, 5) is 0. The number of hydrogen-bond acceptors (Lipinski definition) is 2. The van der Waals surface area contributed by atoms with E-state index in [4.69, 9.17) is 4.42 Å². The second-order valence-corrected chi connectivity index (χ2v) is 5.07. The third-order valence-electron chi connectivity index (χ3n) is 2.44. The zero-order valence-corrected chi connectivity index (χ0v) is 11.3. The molecule has 0 radical (unpaired) electrons. The molecule has 1 atom stereocenters. The van der Waals surface area contributed by atoms with E-state index in [0.29, 0.717) is 6.04 Å². The van der Waals surface area contributed by atoms with E-state index in [0.717, 1.165) is 29.1 Å². The van der Waals surface area contributed by atoms with Crippen LogP contribution in [0.4, 0.5) is 0 Å². The highest BCUT2D eigenvalue weighted by Crippen LogP contribution is 2.28. The number of halogens is 1. The van der Waals surface area contributed by atoms with Crippen LogP contribution in [0, 0.1) is 5.92 Å². The topological polar surface area (TPSA) is 25.2 Å². The Morgan fingerprint density at radius 3 is 2.60 bits per heavy atom. The summed E-state index contributed by atoms with van der Waals surface area (Å²) in [5.41, 5.74) is 0. The number of nitrogens with one attached hydrogen (secondary N) is 1. The van der Waals surface area contributed by atoms with E-state index in [-0.39, 0.29) is 0 Å². The average Bonchev–Trinajstić information content (AvgIpc) is 2.59. The van der Waals surface area contributed by atoms with Crippen molar-refractivity contribution in [3.8, 4) is 0 Å². The van der Waals surface area contributed by atoms with Crippen molar-refractivity contribution >= 4 is 15.9 Å². The van der Waals surface area contributed by atoms with Crippen molar-refractivity contribution in [3.05, 3.63) is 22.6 Å². The fourth-order valence-electron chi connectivity index (χ4n) is 1.63. The highest BCUT2D eigenvalue weighted by molar-refractivity contribution is 9.10. The largest absolute Gasteiger partial charge is 0.466 e. The standard InChI is InChI=1S/C12H20BrNO/c1-4-14-11(6-5-9(2)3)12-10(13)7-8-15-12/h7-9,11,14H,4-6H2,1-3H3. The Morgan fingerprint density at radius 1 is 1.40 bits per heavy atom. The van der Waals surface area contributed by atoms with Crippen LogP contribution in [0.1, 0.15) is 45.4 Å². The lowest BCUT2D eigenvalue weighted by atomic mass is 10.0. The van der Waals surface area contributed by atoms with Crippen molar-refractivity contribution in [1.29, 1.82) is 0 Å². The molecule has 0 fully saturated rings. The first-order valence-corrected chi connectivity index (χ1v) is 6.40. The lowest BCUT2D eigenvalue weighted by Gasteiger charge is -2.17. The monoisotopic (exact) mass is 273 g/mol. The van der Waals surface area contributed by atoms with E-state index < -0.39 is 0 Å². The van der Waals surface area contributed by atoms with Crippen LogP contribution in [-0.2, 0) is 0 Å². The van der Waals surface area contributed by atoms with Crippen molar-refractivity contribution in [2.45, 2.75) is 39.7 Å². The molecule has 1 heterocycles. The summed E-state index contributed by atoms with van der Waals surface area (Å²) in [5, 5.41) is 3.46. The predicted molar refractivity (Wildman–Crippen MR) is 66.9 cm³/mol. The van der Waals surface area contributed by atoms with Gasteiger partial charge in [0.25, 0.3) is 0 Å². The lowest BCUT2D eigenvalue weighted by molar-refractivity contribution is 0.375. The molecule has 1 aromatic heterocycles. The van der Waals surface area contributed by atoms with Gasteiger partial charge in [-0.05, 0) is 47.3 Å². The maximum Gasteiger partial charge on any atom is 0.134 e. The zero-order valence-electron chi connectivity index (χ0n) is 9.72. The zero-order chi connectivity index (χ0) is 11.3. The molecule has 15 heavy (non-hydrogen) atoms. The fourth-order valence-corrected chi connectivity index (χ4v) is 2.10. The second-order valence-electron chi connectivity index (χ2n) is 4.21. The molecule has 0 saturated carbocycles. The van der Waals surface area contributed by atoms with Crippen LogP contribution in [0.5, 0.6) is 0 Å². The molecular formula is C12H20BrNO. The molecular weight excluding hydrogens is 254 g/mol. The lowest BCUT2D eigenvalue weighted by Crippen LogP contribution is -2.21. The highest BCUT2D eigenvalue weighted by atomic mass is 79.9. The number of rotatable bonds is 6. The molecule has 0 aliphatic heterocycles. The van der Waals surface area contributed by atoms with Gasteiger partial charge in [-0.3, -0.25) is 0 Å². The summed E-state index contributed by atoms with van der Waals surface area (Å²) in [7, 11) is 0. The highest BCUT2D eigenvalue weighted by Gasteiger charge is 2.16. The molecule has 86 valence electrons. The molecule has 0 saturated heterocycles. The number of furan rings is 1. The van der Waals surface area contributed by atoms with Crippen LogP contribution >= 0.6 is 15.9 Å². The minimum Gasteiger partial charge on any atom is -0.466 e. The van der Waals surface area contributed by atoms with Gasteiger partial charge in [0.1, 0.15) is 5.76 Å². The van der Waals surface area contributed by atoms with Crippen LogP contribution < -0.4 is 5.32 Å². The van der Waals surface area contributed by atoms with E-state index >= 15 is 0 Å². The maximum absolute atomic E-state index is 5.50. The summed E-state index contributed by atoms with van der Waals surface area (Å²) in [5.74, 6) is 1.76. The average molecular weight is 274 g/mol. The van der Waals surface area contributed by atoms with Crippen molar-refractivity contribution in [2.75, 3.05) is 6.54 Å². The molecule has 2 nitrogen and oxygen atoms in total. The van der Waals surface area contributed by atoms with Crippen molar-refractivity contribution < 1.29 is 4.42 Å². The quantitative estimate of drug-likeness (QED) is 0.843. The predicted octanol–water partition coefficient (Wildman–Crippen LogP) is 4.13. The summed E-state index contributed by atoms with van der Waals surface area (Å²) >= 11 is 3.51. The minimum atomic E-state index is 0.335. The fraction of sp³-hybridized carbons (Fsp3) is 0.667. The third kappa shape index (κ3) is 3.99. The molecule has 1 aromatic rings. The first-order valence-electron chi connectivity index (χ1n) is 5.61. The number of hydrogen-bond donors (Lipinski definition) is 1. The van der Waals surface area contributed by atoms with E-state index in [1.165, 1.54) is 6.42 Å². The Kier molecular flexibility index (Phi) is 5.40. The first-order chi connectivity index (χ1) is 7.15. The summed E-state index contributed by atoms with van der Waals surface area (Å²) < 4.78 is 6.57. The van der Waals surface area contributed by atoms with Crippen molar-refractivity contribution in [2.24, 2.45) is 5.92 Å².